The van der Waals surface area contributed by atoms with E-state index in [0.29, 0.717) is 6.54 Å². The molecule has 1 aromatic rings. The van der Waals surface area contributed by atoms with Gasteiger partial charge in [-0.25, -0.2) is 0 Å². The number of hydrogen-bond acceptors (Lipinski definition) is 3. The van der Waals surface area contributed by atoms with Crippen molar-refractivity contribution in [2.24, 2.45) is 7.05 Å². The lowest BCUT2D eigenvalue weighted by molar-refractivity contribution is -0.120. The summed E-state index contributed by atoms with van der Waals surface area (Å²) in [7, 11) is 3.62. The number of likely N-dealkylation sites (N-methyl/N-ethyl adjacent to an activating group) is 1. The maximum atomic E-state index is 11.3. The number of carbonyl (C=O) groups excluding carboxylic acids is 1. The molecule has 0 aliphatic carbocycles. The van der Waals surface area contributed by atoms with E-state index in [0.717, 1.165) is 11.3 Å². The topological polar surface area (TPSA) is 59.0 Å². The quantitative estimate of drug-likeness (QED) is 0.816. The first-order valence-electron chi connectivity index (χ1n) is 4.98. The molecule has 1 aromatic heterocycles. The Morgan fingerprint density at radius 3 is 2.69 bits per heavy atom. The third-order valence-electron chi connectivity index (χ3n) is 2.23. The van der Waals surface area contributed by atoms with Crippen LogP contribution in [-0.4, -0.2) is 29.3 Å². The number of nitrogens with one attached hydrogen (secondary N) is 2. The van der Waals surface area contributed by atoms with Gasteiger partial charge < -0.3 is 10.6 Å². The number of halogens is 1. The average Bonchev–Trinajstić information content (AvgIpc) is 2.45. The smallest absolute Gasteiger partial charge is 0.234 e. The van der Waals surface area contributed by atoms with Crippen molar-refractivity contribution in [1.29, 1.82) is 0 Å². The summed E-state index contributed by atoms with van der Waals surface area (Å²) in [5.41, 5.74) is 2.01. The van der Waals surface area contributed by atoms with Gasteiger partial charge >= 0.3 is 0 Å². The molecule has 0 spiro atoms. The first-order valence-corrected chi connectivity index (χ1v) is 4.98. The third kappa shape index (κ3) is 3.83. The molecule has 2 N–H and O–H groups in total. The standard InChI is InChI=1S/C10H18N4O.ClH/c1-7(12-10(15)5-11-3)9-6-14(4)13-8(9)2;/h6-7,11H,5H2,1-4H3,(H,12,15);1H. The summed E-state index contributed by atoms with van der Waals surface area (Å²) < 4.78 is 1.76. The lowest BCUT2D eigenvalue weighted by Gasteiger charge is -2.12. The van der Waals surface area contributed by atoms with Crippen molar-refractivity contribution in [2.45, 2.75) is 19.9 Å². The molecule has 1 unspecified atom stereocenters. The minimum atomic E-state index is -0.00625. The monoisotopic (exact) mass is 246 g/mol. The Balaban J connectivity index is 0.00000225. The number of nitrogens with zero attached hydrogens (tertiary/aromatic N) is 2. The third-order valence-corrected chi connectivity index (χ3v) is 2.23. The highest BCUT2D eigenvalue weighted by Gasteiger charge is 2.13. The van der Waals surface area contributed by atoms with E-state index in [9.17, 15) is 4.79 Å². The van der Waals surface area contributed by atoms with Gasteiger partial charge in [0.05, 0.1) is 18.3 Å². The zero-order valence-electron chi connectivity index (χ0n) is 10.1. The SMILES string of the molecule is CNCC(=O)NC(C)c1cn(C)nc1C.Cl. The Morgan fingerprint density at radius 2 is 2.25 bits per heavy atom. The van der Waals surface area contributed by atoms with E-state index in [1.165, 1.54) is 0 Å². The van der Waals surface area contributed by atoms with Crippen molar-refractivity contribution in [2.75, 3.05) is 13.6 Å². The van der Waals surface area contributed by atoms with Gasteiger partial charge in [-0.2, -0.15) is 5.10 Å². The van der Waals surface area contributed by atoms with Gasteiger partial charge in [0.25, 0.3) is 0 Å². The highest BCUT2D eigenvalue weighted by atomic mass is 35.5. The molecule has 0 saturated carbocycles. The first-order chi connectivity index (χ1) is 7.04. The maximum absolute atomic E-state index is 11.3. The minimum Gasteiger partial charge on any atom is -0.348 e. The number of rotatable bonds is 4. The van der Waals surface area contributed by atoms with Gasteiger partial charge in [-0.05, 0) is 20.9 Å². The molecular weight excluding hydrogens is 228 g/mol. The molecule has 0 fully saturated rings. The molecule has 1 rings (SSSR count). The number of carbonyl (C=O) groups is 1. The fourth-order valence-electron chi connectivity index (χ4n) is 1.57. The van der Waals surface area contributed by atoms with Crippen LogP contribution in [0.1, 0.15) is 24.2 Å². The fraction of sp³-hybridized carbons (Fsp3) is 0.600. The Bertz CT molecular complexity index is 351. The van der Waals surface area contributed by atoms with Gasteiger partial charge in [-0.15, -0.1) is 12.4 Å². The van der Waals surface area contributed by atoms with E-state index in [1.54, 1.807) is 11.7 Å². The summed E-state index contributed by atoms with van der Waals surface area (Å²) in [6.07, 6.45) is 1.93. The molecule has 6 heteroatoms. The van der Waals surface area contributed by atoms with E-state index < -0.39 is 0 Å². The van der Waals surface area contributed by atoms with Gasteiger partial charge in [0.1, 0.15) is 0 Å². The van der Waals surface area contributed by atoms with Crippen LogP contribution in [0.5, 0.6) is 0 Å². The van der Waals surface area contributed by atoms with Crippen LogP contribution >= 0.6 is 12.4 Å². The second-order valence-electron chi connectivity index (χ2n) is 3.66. The van der Waals surface area contributed by atoms with Crippen LogP contribution < -0.4 is 10.6 Å². The molecule has 1 amide bonds. The predicted octanol–water partition coefficient (Wildman–Crippen LogP) is 0.547. The number of aryl methyl sites for hydroxylation is 2. The Morgan fingerprint density at radius 1 is 1.62 bits per heavy atom. The van der Waals surface area contributed by atoms with E-state index in [1.807, 2.05) is 27.1 Å². The molecule has 0 saturated heterocycles. The Hall–Kier alpha value is -1.07. The zero-order chi connectivity index (χ0) is 11.4. The normalized spacial score (nSPS) is 11.8. The van der Waals surface area contributed by atoms with Crippen LogP contribution in [-0.2, 0) is 11.8 Å². The van der Waals surface area contributed by atoms with Crippen molar-refractivity contribution in [1.82, 2.24) is 20.4 Å². The van der Waals surface area contributed by atoms with Crippen molar-refractivity contribution in [3.63, 3.8) is 0 Å². The van der Waals surface area contributed by atoms with Crippen LogP contribution in [0.3, 0.4) is 0 Å². The molecule has 0 aliphatic rings. The van der Waals surface area contributed by atoms with Crippen molar-refractivity contribution in [3.05, 3.63) is 17.5 Å². The summed E-state index contributed by atoms with van der Waals surface area (Å²) in [4.78, 5) is 11.3. The van der Waals surface area contributed by atoms with Crippen LogP contribution in [0.4, 0.5) is 0 Å². The highest BCUT2D eigenvalue weighted by molar-refractivity contribution is 5.85. The Labute approximate surface area is 102 Å². The lowest BCUT2D eigenvalue weighted by Crippen LogP contribution is -2.34. The van der Waals surface area contributed by atoms with Crippen LogP contribution in [0.2, 0.25) is 0 Å². The van der Waals surface area contributed by atoms with Crippen molar-refractivity contribution < 1.29 is 4.79 Å². The van der Waals surface area contributed by atoms with Gasteiger partial charge in [0.2, 0.25) is 5.91 Å². The second kappa shape index (κ2) is 6.50. The Kier molecular flexibility index (Phi) is 6.06. The average molecular weight is 247 g/mol. The van der Waals surface area contributed by atoms with Gasteiger partial charge in [-0.3, -0.25) is 9.48 Å². The van der Waals surface area contributed by atoms with Gasteiger partial charge in [0.15, 0.2) is 0 Å². The summed E-state index contributed by atoms with van der Waals surface area (Å²) in [5, 5.41) is 9.94. The van der Waals surface area contributed by atoms with Gasteiger partial charge in [0, 0.05) is 18.8 Å². The molecule has 1 atom stereocenters. The van der Waals surface area contributed by atoms with Crippen LogP contribution in [0.25, 0.3) is 0 Å². The van der Waals surface area contributed by atoms with Gasteiger partial charge in [-0.1, -0.05) is 0 Å². The zero-order valence-corrected chi connectivity index (χ0v) is 10.9. The molecule has 5 nitrogen and oxygen atoms in total. The van der Waals surface area contributed by atoms with Crippen LogP contribution in [0, 0.1) is 6.92 Å². The van der Waals surface area contributed by atoms with E-state index in [-0.39, 0.29) is 24.4 Å². The minimum absolute atomic E-state index is 0. The van der Waals surface area contributed by atoms with E-state index in [2.05, 4.69) is 15.7 Å². The molecule has 0 aliphatic heterocycles. The second-order valence-corrected chi connectivity index (χ2v) is 3.66. The molecule has 16 heavy (non-hydrogen) atoms. The molecular formula is C10H19ClN4O. The predicted molar refractivity (Wildman–Crippen MR) is 65.7 cm³/mol. The summed E-state index contributed by atoms with van der Waals surface area (Å²) in [6, 6.07) is -0.000417. The maximum Gasteiger partial charge on any atom is 0.234 e. The van der Waals surface area contributed by atoms with E-state index in [4.69, 9.17) is 0 Å². The first kappa shape index (κ1) is 14.9. The molecule has 0 radical (unpaired) electrons. The van der Waals surface area contributed by atoms with Crippen LogP contribution in [0.15, 0.2) is 6.20 Å². The summed E-state index contributed by atoms with van der Waals surface area (Å²) in [6.45, 7) is 4.23. The lowest BCUT2D eigenvalue weighted by atomic mass is 10.1. The summed E-state index contributed by atoms with van der Waals surface area (Å²) >= 11 is 0. The molecule has 92 valence electrons. The molecule has 0 aromatic carbocycles. The number of aromatic nitrogens is 2. The van der Waals surface area contributed by atoms with Crippen molar-refractivity contribution in [3.8, 4) is 0 Å². The molecule has 1 heterocycles. The van der Waals surface area contributed by atoms with E-state index >= 15 is 0 Å². The van der Waals surface area contributed by atoms with Crippen molar-refractivity contribution >= 4 is 18.3 Å². The highest BCUT2D eigenvalue weighted by Crippen LogP contribution is 2.14. The fourth-order valence-corrected chi connectivity index (χ4v) is 1.57. The molecule has 0 bridgehead atoms. The number of amides is 1. The number of hydrogen-bond donors (Lipinski definition) is 2. The summed E-state index contributed by atoms with van der Waals surface area (Å²) in [5.74, 6) is -0.00625. The largest absolute Gasteiger partial charge is 0.348 e.